The van der Waals surface area contributed by atoms with Gasteiger partial charge in [0, 0.05) is 4.91 Å². The second-order valence-corrected chi connectivity index (χ2v) is 8.73. The Kier molecular flexibility index (Phi) is 6.05. The number of hydrogen-bond acceptors (Lipinski definition) is 7. The lowest BCUT2D eigenvalue weighted by Gasteiger charge is -2.37. The van der Waals surface area contributed by atoms with Gasteiger partial charge in [0.2, 0.25) is 0 Å². The molecule has 0 aromatic heterocycles. The lowest BCUT2D eigenvalue weighted by Crippen LogP contribution is -2.55. The van der Waals surface area contributed by atoms with Crippen molar-refractivity contribution in [2.75, 3.05) is 6.61 Å². The average molecular weight is 431 g/mol. The number of nitrogens with zero attached hydrogens (tertiary/aromatic N) is 3. The van der Waals surface area contributed by atoms with Crippen LogP contribution in [0.5, 0.6) is 0 Å². The summed E-state index contributed by atoms with van der Waals surface area (Å²) in [6.07, 6.45) is -3.36. The third kappa shape index (κ3) is 4.34. The number of benzene rings is 2. The minimum Gasteiger partial charge on any atom is -0.368 e. The van der Waals surface area contributed by atoms with E-state index in [9.17, 15) is 8.42 Å². The first-order valence-electron chi connectivity index (χ1n) is 9.45. The SMILES string of the molecule is Cc1ccc(S(=O)(=O)O[C@H]2[C@H](N=[N+]=[N-])[C@@H](OCc3ccccc3)[C@@H]3OC[C@H]2O3)cc1. The van der Waals surface area contributed by atoms with Gasteiger partial charge in [-0.25, -0.2) is 0 Å². The van der Waals surface area contributed by atoms with E-state index in [-0.39, 0.29) is 18.1 Å². The number of hydrogen-bond donors (Lipinski definition) is 0. The van der Waals surface area contributed by atoms with Gasteiger partial charge in [-0.05, 0) is 30.2 Å². The Morgan fingerprint density at radius 3 is 2.57 bits per heavy atom. The Hall–Kier alpha value is -2.46. The van der Waals surface area contributed by atoms with Crippen molar-refractivity contribution in [3.8, 4) is 0 Å². The summed E-state index contributed by atoms with van der Waals surface area (Å²) in [5.74, 6) is 0. The summed E-state index contributed by atoms with van der Waals surface area (Å²) in [6.45, 7) is 2.18. The van der Waals surface area contributed by atoms with Crippen LogP contribution in [0.4, 0.5) is 0 Å². The monoisotopic (exact) mass is 431 g/mol. The van der Waals surface area contributed by atoms with E-state index in [0.717, 1.165) is 11.1 Å². The van der Waals surface area contributed by atoms with Crippen LogP contribution < -0.4 is 0 Å². The summed E-state index contributed by atoms with van der Waals surface area (Å²) >= 11 is 0. The molecule has 2 aliphatic rings. The fourth-order valence-corrected chi connectivity index (χ4v) is 4.62. The largest absolute Gasteiger partial charge is 0.368 e. The molecule has 2 fully saturated rings. The molecule has 0 radical (unpaired) electrons. The third-order valence-corrected chi connectivity index (χ3v) is 6.38. The van der Waals surface area contributed by atoms with E-state index in [1.807, 2.05) is 37.3 Å². The molecule has 2 aromatic carbocycles. The van der Waals surface area contributed by atoms with Crippen LogP contribution in [0.15, 0.2) is 64.6 Å². The first-order chi connectivity index (χ1) is 14.5. The van der Waals surface area contributed by atoms with Crippen LogP contribution in [-0.4, -0.2) is 45.7 Å². The molecule has 10 heteroatoms. The van der Waals surface area contributed by atoms with Crippen LogP contribution in [0.1, 0.15) is 11.1 Å². The van der Waals surface area contributed by atoms with Gasteiger partial charge in [0.1, 0.15) is 18.3 Å². The highest BCUT2D eigenvalue weighted by molar-refractivity contribution is 7.86. The molecule has 0 aliphatic carbocycles. The number of fused-ring (bicyclic) bond motifs is 2. The second kappa shape index (κ2) is 8.73. The Bertz CT molecular complexity index is 1020. The fourth-order valence-electron chi connectivity index (χ4n) is 3.51. The van der Waals surface area contributed by atoms with Crippen LogP contribution in [0.3, 0.4) is 0 Å². The first-order valence-corrected chi connectivity index (χ1v) is 10.9. The molecule has 158 valence electrons. The van der Waals surface area contributed by atoms with Gasteiger partial charge in [-0.2, -0.15) is 8.42 Å². The minimum absolute atomic E-state index is 0.00980. The first kappa shape index (κ1) is 20.8. The Balaban J connectivity index is 1.58. The maximum Gasteiger partial charge on any atom is 0.297 e. The van der Waals surface area contributed by atoms with Crippen molar-refractivity contribution in [1.82, 2.24) is 0 Å². The molecule has 4 rings (SSSR count). The van der Waals surface area contributed by atoms with Gasteiger partial charge in [-0.3, -0.25) is 4.18 Å². The van der Waals surface area contributed by atoms with E-state index in [2.05, 4.69) is 10.0 Å². The Morgan fingerprint density at radius 2 is 1.87 bits per heavy atom. The summed E-state index contributed by atoms with van der Waals surface area (Å²) in [7, 11) is -4.12. The predicted molar refractivity (Wildman–Crippen MR) is 106 cm³/mol. The van der Waals surface area contributed by atoms with Crippen LogP contribution in [0, 0.1) is 6.92 Å². The molecule has 2 aromatic rings. The molecule has 0 spiro atoms. The number of ether oxygens (including phenoxy) is 3. The van der Waals surface area contributed by atoms with Crippen molar-refractivity contribution in [2.45, 2.75) is 49.1 Å². The standard InChI is InChI=1S/C20H21N3O6S/c1-13-7-9-15(10-8-13)30(24,25)29-18-16-12-27-20(28-16)19(17(18)22-23-21)26-11-14-5-3-2-4-6-14/h2-10,16-20H,11-12H2,1H3/t16-,17+,18-,19-,20-/m1/s1. The van der Waals surface area contributed by atoms with Gasteiger partial charge in [-0.1, -0.05) is 53.1 Å². The topological polar surface area (TPSA) is 120 Å². The highest BCUT2D eigenvalue weighted by atomic mass is 32.2. The van der Waals surface area contributed by atoms with Gasteiger partial charge in [0.25, 0.3) is 10.1 Å². The summed E-state index contributed by atoms with van der Waals surface area (Å²) in [5, 5.41) is 3.80. The fraction of sp³-hybridized carbons (Fsp3) is 0.400. The van der Waals surface area contributed by atoms with Crippen molar-refractivity contribution < 1.29 is 26.8 Å². The molecule has 0 unspecified atom stereocenters. The van der Waals surface area contributed by atoms with Crippen molar-refractivity contribution >= 4 is 10.1 Å². The van der Waals surface area contributed by atoms with Crippen LogP contribution in [0.25, 0.3) is 10.4 Å². The highest BCUT2D eigenvalue weighted by Crippen LogP contribution is 2.35. The zero-order chi connectivity index (χ0) is 21.1. The Labute approximate surface area is 174 Å². The lowest BCUT2D eigenvalue weighted by molar-refractivity contribution is -0.205. The zero-order valence-corrected chi connectivity index (χ0v) is 17.0. The van der Waals surface area contributed by atoms with Gasteiger partial charge in [0.15, 0.2) is 6.29 Å². The number of aryl methyl sites for hydroxylation is 1. The second-order valence-electron chi connectivity index (χ2n) is 7.16. The predicted octanol–water partition coefficient (Wildman–Crippen LogP) is 3.09. The molecule has 0 saturated carbocycles. The zero-order valence-electron chi connectivity index (χ0n) is 16.2. The maximum absolute atomic E-state index is 12.8. The van der Waals surface area contributed by atoms with Gasteiger partial charge in [0.05, 0.1) is 24.2 Å². The molecular weight excluding hydrogens is 410 g/mol. The van der Waals surface area contributed by atoms with Gasteiger partial charge in [-0.15, -0.1) is 0 Å². The normalized spacial score (nSPS) is 28.1. The molecule has 2 aliphatic heterocycles. The van der Waals surface area contributed by atoms with E-state index >= 15 is 0 Å². The van der Waals surface area contributed by atoms with Crippen molar-refractivity contribution in [1.29, 1.82) is 0 Å². The third-order valence-electron chi connectivity index (χ3n) is 5.06. The molecule has 2 saturated heterocycles. The minimum atomic E-state index is -4.12. The van der Waals surface area contributed by atoms with E-state index in [4.69, 9.17) is 23.9 Å². The lowest BCUT2D eigenvalue weighted by atomic mass is 9.99. The van der Waals surface area contributed by atoms with Crippen LogP contribution in [0.2, 0.25) is 0 Å². The highest BCUT2D eigenvalue weighted by Gasteiger charge is 2.53. The Morgan fingerprint density at radius 1 is 1.13 bits per heavy atom. The summed E-state index contributed by atoms with van der Waals surface area (Å²) in [6, 6.07) is 14.8. The average Bonchev–Trinajstić information content (AvgIpc) is 3.18. The summed E-state index contributed by atoms with van der Waals surface area (Å²) in [4.78, 5) is 2.89. The smallest absolute Gasteiger partial charge is 0.297 e. The van der Waals surface area contributed by atoms with E-state index in [0.29, 0.717) is 0 Å². The van der Waals surface area contributed by atoms with E-state index < -0.39 is 40.8 Å². The van der Waals surface area contributed by atoms with Crippen molar-refractivity contribution in [3.05, 3.63) is 76.2 Å². The van der Waals surface area contributed by atoms with Crippen LogP contribution in [-0.2, 0) is 35.1 Å². The number of rotatable bonds is 7. The molecule has 2 bridgehead atoms. The summed E-state index contributed by atoms with van der Waals surface area (Å²) in [5.41, 5.74) is 10.9. The van der Waals surface area contributed by atoms with E-state index in [1.165, 1.54) is 12.1 Å². The van der Waals surface area contributed by atoms with Gasteiger partial charge < -0.3 is 14.2 Å². The number of azide groups is 1. The molecule has 0 N–H and O–H groups in total. The molecule has 30 heavy (non-hydrogen) atoms. The molecule has 5 atom stereocenters. The van der Waals surface area contributed by atoms with Crippen molar-refractivity contribution in [2.24, 2.45) is 5.11 Å². The van der Waals surface area contributed by atoms with Gasteiger partial charge >= 0.3 is 0 Å². The van der Waals surface area contributed by atoms with Crippen LogP contribution >= 0.6 is 0 Å². The molecule has 0 amide bonds. The molecular formula is C20H21N3O6S. The van der Waals surface area contributed by atoms with Crippen molar-refractivity contribution in [3.63, 3.8) is 0 Å². The molecule has 2 heterocycles. The summed E-state index contributed by atoms with van der Waals surface area (Å²) < 4.78 is 48.5. The van der Waals surface area contributed by atoms with E-state index in [1.54, 1.807) is 12.1 Å². The maximum atomic E-state index is 12.8. The quantitative estimate of drug-likeness (QED) is 0.288. The molecule has 9 nitrogen and oxygen atoms in total.